The summed E-state index contributed by atoms with van der Waals surface area (Å²) in [7, 11) is 0. The van der Waals surface area contributed by atoms with Crippen molar-refractivity contribution in [1.82, 2.24) is 4.90 Å². The van der Waals surface area contributed by atoms with E-state index in [1.165, 1.54) is 0 Å². The minimum atomic E-state index is -2.59. The Morgan fingerprint density at radius 1 is 1.48 bits per heavy atom. The van der Waals surface area contributed by atoms with Gasteiger partial charge in [0.15, 0.2) is 0 Å². The Kier molecular flexibility index (Phi) is 8.32. The maximum atomic E-state index is 12.8. The van der Waals surface area contributed by atoms with E-state index in [2.05, 4.69) is 22.0 Å². The Labute approximate surface area is 168 Å². The molecule has 1 aliphatic heterocycles. The zero-order chi connectivity index (χ0) is 16.3. The van der Waals surface area contributed by atoms with Crippen molar-refractivity contribution in [3.05, 3.63) is 34.3 Å². The van der Waals surface area contributed by atoms with Gasteiger partial charge in [0.05, 0.1) is 13.2 Å². The van der Waals surface area contributed by atoms with Gasteiger partial charge in [0.2, 0.25) is 5.91 Å². The van der Waals surface area contributed by atoms with Crippen molar-refractivity contribution < 1.29 is 51.0 Å². The molecule has 3 nitrogen and oxygen atoms in total. The molecule has 0 aromatic heterocycles. The first-order valence-electron chi connectivity index (χ1n) is 7.07. The monoisotopic (exact) mass is 461 g/mol. The van der Waals surface area contributed by atoms with Gasteiger partial charge < -0.3 is 9.64 Å². The molecule has 0 saturated heterocycles. The number of hydrogen-bond donors (Lipinski definition) is 0. The number of benzene rings is 1. The third-order valence-corrected chi connectivity index (χ3v) is 4.02. The van der Waals surface area contributed by atoms with Gasteiger partial charge in [0.25, 0.3) is 6.43 Å². The molecule has 0 saturated carbocycles. The fourth-order valence-electron chi connectivity index (χ4n) is 2.31. The summed E-state index contributed by atoms with van der Waals surface area (Å²) >= 11 is 3.42. The second-order valence-corrected chi connectivity index (χ2v) is 5.90. The van der Waals surface area contributed by atoms with E-state index in [4.69, 9.17) is 4.74 Å². The smallest absolute Gasteiger partial charge is 0.256 e. The van der Waals surface area contributed by atoms with Crippen LogP contribution in [0.5, 0.6) is 5.75 Å². The number of hydrogen-bond acceptors (Lipinski definition) is 2. The van der Waals surface area contributed by atoms with Crippen molar-refractivity contribution in [2.45, 2.75) is 26.7 Å². The zero-order valence-electron chi connectivity index (χ0n) is 13.0. The van der Waals surface area contributed by atoms with Crippen molar-refractivity contribution in [3.8, 4) is 5.75 Å². The van der Waals surface area contributed by atoms with E-state index in [0.29, 0.717) is 34.5 Å². The summed E-state index contributed by atoms with van der Waals surface area (Å²) in [5.41, 5.74) is 1.06. The molecule has 0 aliphatic carbocycles. The molecule has 1 atom stereocenters. The van der Waals surface area contributed by atoms with Crippen LogP contribution in [0.15, 0.2) is 22.7 Å². The number of amides is 1. The maximum absolute atomic E-state index is 12.8. The fraction of sp³-hybridized carbons (Fsp3) is 0.438. The zero-order valence-corrected chi connectivity index (χ0v) is 17.4. The summed E-state index contributed by atoms with van der Waals surface area (Å²) in [6.07, 6.45) is 0.915. The van der Waals surface area contributed by atoms with Gasteiger partial charge in [-0.2, -0.15) is 0 Å². The molecule has 1 unspecified atom stereocenters. The number of carbonyl (C=O) groups excluding carboxylic acids is 1. The molecule has 2 rings (SSSR count). The predicted octanol–water partition coefficient (Wildman–Crippen LogP) is 4.12. The van der Waals surface area contributed by atoms with Gasteiger partial charge in [-0.1, -0.05) is 33.7 Å². The first kappa shape index (κ1) is 20.7. The van der Waals surface area contributed by atoms with Crippen LogP contribution in [0.2, 0.25) is 0 Å². The van der Waals surface area contributed by atoms with E-state index >= 15 is 0 Å². The number of alkyl halides is 2. The van der Waals surface area contributed by atoms with Crippen LogP contribution in [0.3, 0.4) is 0 Å². The van der Waals surface area contributed by atoms with Crippen LogP contribution in [-0.2, 0) is 37.5 Å². The number of carbonyl (C=O) groups is 1. The number of allylic oxidation sites excluding steroid dienone is 1. The third kappa shape index (κ3) is 5.07. The van der Waals surface area contributed by atoms with Crippen LogP contribution in [-0.4, -0.2) is 30.4 Å². The van der Waals surface area contributed by atoms with E-state index in [1.54, 1.807) is 25.1 Å². The van der Waals surface area contributed by atoms with Gasteiger partial charge in [0.1, 0.15) is 5.75 Å². The van der Waals surface area contributed by atoms with Gasteiger partial charge in [-0.05, 0) is 19.1 Å². The molecular weight excluding hydrogens is 445 g/mol. The van der Waals surface area contributed by atoms with Gasteiger partial charge >= 0.3 is 0 Å². The molecule has 0 N–H and O–H groups in total. The Bertz CT molecular complexity index is 595. The molecule has 1 heterocycles. The average molecular weight is 462 g/mol. The van der Waals surface area contributed by atoms with Gasteiger partial charge in [-0.3, -0.25) is 4.79 Å². The minimum Gasteiger partial charge on any atom is -0.494 e. The quantitative estimate of drug-likeness (QED) is 0.617. The Morgan fingerprint density at radius 3 is 2.74 bits per heavy atom. The van der Waals surface area contributed by atoms with E-state index in [-0.39, 0.29) is 44.5 Å². The number of rotatable bonds is 5. The Hall–Kier alpha value is -0.326. The maximum Gasteiger partial charge on any atom is 0.256 e. The first-order valence-corrected chi connectivity index (χ1v) is 7.86. The molecule has 1 radical (unpaired) electrons. The average Bonchev–Trinajstić information content (AvgIpc) is 2.45. The van der Waals surface area contributed by atoms with E-state index in [1.807, 2.05) is 6.92 Å². The van der Waals surface area contributed by atoms with Crippen molar-refractivity contribution in [2.24, 2.45) is 5.92 Å². The number of nitrogens with zero attached hydrogens (tertiary/aromatic N) is 1. The van der Waals surface area contributed by atoms with E-state index in [0.717, 1.165) is 4.90 Å². The van der Waals surface area contributed by atoms with E-state index in [9.17, 15) is 13.6 Å². The molecule has 0 bridgehead atoms. The predicted molar refractivity (Wildman–Crippen MR) is 83.5 cm³/mol. The van der Waals surface area contributed by atoms with Crippen LogP contribution >= 0.6 is 15.9 Å². The second kappa shape index (κ2) is 9.23. The molecular formula is C16H17BrF2NO2Y-. The topological polar surface area (TPSA) is 29.5 Å². The van der Waals surface area contributed by atoms with Crippen molar-refractivity contribution in [3.63, 3.8) is 0 Å². The van der Waals surface area contributed by atoms with Crippen molar-refractivity contribution >= 4 is 27.5 Å². The number of halogens is 3. The molecule has 1 aromatic rings. The third-order valence-electron chi connectivity index (χ3n) is 3.36. The second-order valence-electron chi connectivity index (χ2n) is 5.05. The molecule has 1 aromatic carbocycles. The Balaban J connectivity index is 0.00000264. The molecule has 1 aliphatic rings. The van der Waals surface area contributed by atoms with Crippen LogP contribution in [0, 0.1) is 12.0 Å². The minimum absolute atomic E-state index is 0. The first-order chi connectivity index (χ1) is 10.4. The van der Waals surface area contributed by atoms with Gasteiger partial charge in [-0.15, -0.1) is 17.3 Å². The van der Waals surface area contributed by atoms with Crippen LogP contribution in [0.4, 0.5) is 8.78 Å². The summed E-state index contributed by atoms with van der Waals surface area (Å²) in [6, 6.07) is 5.26. The van der Waals surface area contributed by atoms with Crippen LogP contribution < -0.4 is 4.74 Å². The summed E-state index contributed by atoms with van der Waals surface area (Å²) < 4.78 is 31.7. The van der Waals surface area contributed by atoms with Gasteiger partial charge in [-0.25, -0.2) is 14.9 Å². The summed E-state index contributed by atoms with van der Waals surface area (Å²) in [4.78, 5) is 13.3. The fourth-order valence-corrected chi connectivity index (χ4v) is 2.86. The van der Waals surface area contributed by atoms with Crippen molar-refractivity contribution in [2.75, 3.05) is 13.2 Å². The molecule has 7 heteroatoms. The van der Waals surface area contributed by atoms with Crippen LogP contribution in [0.25, 0.3) is 5.70 Å². The summed E-state index contributed by atoms with van der Waals surface area (Å²) in [5.74, 6) is 0.0495. The largest absolute Gasteiger partial charge is 0.494 e. The molecule has 23 heavy (non-hydrogen) atoms. The van der Waals surface area contributed by atoms with Gasteiger partial charge in [0, 0.05) is 38.6 Å². The van der Waals surface area contributed by atoms with E-state index < -0.39 is 13.0 Å². The SMILES string of the molecule is CCOc1ccc(C2=[C-]CC(C)C(=O)N2CC(F)F)c(Br)c1.[Y]. The molecule has 1 amide bonds. The summed E-state index contributed by atoms with van der Waals surface area (Å²) in [5, 5.41) is 0. The molecule has 0 fully saturated rings. The number of ether oxygens (including phenoxy) is 1. The molecule has 0 spiro atoms. The van der Waals surface area contributed by atoms with Crippen LogP contribution in [0.1, 0.15) is 25.8 Å². The van der Waals surface area contributed by atoms with Crippen molar-refractivity contribution in [1.29, 1.82) is 0 Å². The standard InChI is InChI=1S/C16H17BrF2NO2.Y/c1-3-22-11-5-6-12(13(17)8-11)14-7-4-10(2)16(21)20(14)9-15(18)19;/h5-6,8,10,15H,3-4,9H2,1-2H3;/q-1;. The summed E-state index contributed by atoms with van der Waals surface area (Å²) in [6.45, 7) is 3.51. The normalized spacial score (nSPS) is 17.8. The Morgan fingerprint density at radius 2 is 2.17 bits per heavy atom. The molecule has 123 valence electrons.